The molecule has 2 rings (SSSR count). The predicted octanol–water partition coefficient (Wildman–Crippen LogP) is 1.87. The monoisotopic (exact) mass is 331 g/mol. The summed E-state index contributed by atoms with van der Waals surface area (Å²) in [5.41, 5.74) is 3.13. The van der Waals surface area contributed by atoms with E-state index in [-0.39, 0.29) is 24.3 Å². The number of benzene rings is 1. The normalized spacial score (nSPS) is 17.1. The number of rotatable bonds is 8. The van der Waals surface area contributed by atoms with Gasteiger partial charge in [-0.05, 0) is 30.9 Å². The Morgan fingerprint density at radius 3 is 2.79 bits per heavy atom. The van der Waals surface area contributed by atoms with E-state index in [1.807, 2.05) is 38.1 Å². The minimum absolute atomic E-state index is 0.0103. The highest BCUT2D eigenvalue weighted by Crippen LogP contribution is 2.23. The summed E-state index contributed by atoms with van der Waals surface area (Å²) in [4.78, 5) is 24.1. The highest BCUT2D eigenvalue weighted by molar-refractivity contribution is 6.07. The number of nitrogens with one attached hydrogen (secondary N) is 1. The van der Waals surface area contributed by atoms with Crippen LogP contribution in [-0.4, -0.2) is 42.8 Å². The summed E-state index contributed by atoms with van der Waals surface area (Å²) in [7, 11) is 1.48. The van der Waals surface area contributed by atoms with Crippen LogP contribution in [0.15, 0.2) is 29.4 Å². The van der Waals surface area contributed by atoms with Crippen LogP contribution in [0.5, 0.6) is 0 Å². The van der Waals surface area contributed by atoms with Crippen molar-refractivity contribution >= 4 is 17.5 Å². The number of hydrogen-bond donors (Lipinski definition) is 1. The Morgan fingerprint density at radius 2 is 2.12 bits per heavy atom. The zero-order chi connectivity index (χ0) is 17.5. The van der Waals surface area contributed by atoms with Gasteiger partial charge in [0.2, 0.25) is 5.91 Å². The molecule has 0 saturated heterocycles. The van der Waals surface area contributed by atoms with Crippen LogP contribution in [0.3, 0.4) is 0 Å². The van der Waals surface area contributed by atoms with Crippen molar-refractivity contribution in [3.05, 3.63) is 35.4 Å². The molecule has 0 aliphatic carbocycles. The summed E-state index contributed by atoms with van der Waals surface area (Å²) in [6.45, 7) is 4.99. The van der Waals surface area contributed by atoms with Gasteiger partial charge >= 0.3 is 0 Å². The van der Waals surface area contributed by atoms with Crippen molar-refractivity contribution < 1.29 is 14.3 Å². The van der Waals surface area contributed by atoms with Gasteiger partial charge in [0, 0.05) is 13.7 Å². The van der Waals surface area contributed by atoms with Crippen molar-refractivity contribution in [3.63, 3.8) is 0 Å². The van der Waals surface area contributed by atoms with E-state index < -0.39 is 0 Å². The lowest BCUT2D eigenvalue weighted by Gasteiger charge is -2.16. The Bertz CT molecular complexity index is 628. The average Bonchev–Trinajstić information content (AvgIpc) is 2.86. The van der Waals surface area contributed by atoms with Crippen molar-refractivity contribution in [2.24, 2.45) is 11.0 Å². The molecule has 1 heterocycles. The van der Waals surface area contributed by atoms with Gasteiger partial charge in [0.25, 0.3) is 5.91 Å². The van der Waals surface area contributed by atoms with Gasteiger partial charge in [-0.3, -0.25) is 9.59 Å². The molecule has 0 aromatic heterocycles. The van der Waals surface area contributed by atoms with Crippen LogP contribution in [-0.2, 0) is 20.9 Å². The zero-order valence-corrected chi connectivity index (χ0v) is 14.5. The van der Waals surface area contributed by atoms with E-state index in [1.165, 1.54) is 7.11 Å². The largest absolute Gasteiger partial charge is 0.375 e. The number of carbonyl (C=O) groups is 2. The van der Waals surface area contributed by atoms with Gasteiger partial charge in [0.15, 0.2) is 0 Å². The third kappa shape index (κ3) is 4.41. The molecule has 0 bridgehead atoms. The van der Waals surface area contributed by atoms with Gasteiger partial charge in [-0.2, -0.15) is 5.10 Å². The minimum Gasteiger partial charge on any atom is -0.375 e. The molecule has 6 nitrogen and oxygen atoms in total. The van der Waals surface area contributed by atoms with Crippen molar-refractivity contribution in [3.8, 4) is 0 Å². The number of hydrogen-bond acceptors (Lipinski definition) is 4. The second-order valence-electron chi connectivity index (χ2n) is 5.89. The first kappa shape index (κ1) is 18.1. The quantitative estimate of drug-likeness (QED) is 0.790. The molecule has 130 valence electrons. The van der Waals surface area contributed by atoms with Crippen LogP contribution in [0.1, 0.15) is 30.9 Å². The summed E-state index contributed by atoms with van der Waals surface area (Å²) < 4.78 is 4.77. The maximum absolute atomic E-state index is 12.7. The summed E-state index contributed by atoms with van der Waals surface area (Å²) in [5, 5.41) is 8.82. The van der Waals surface area contributed by atoms with Crippen LogP contribution >= 0.6 is 0 Å². The Balaban J connectivity index is 1.97. The molecule has 1 aliphatic heterocycles. The lowest BCUT2D eigenvalue weighted by molar-refractivity contribution is -0.132. The van der Waals surface area contributed by atoms with Crippen LogP contribution in [0.25, 0.3) is 0 Å². The van der Waals surface area contributed by atoms with Crippen LogP contribution in [0.2, 0.25) is 0 Å². The van der Waals surface area contributed by atoms with Crippen molar-refractivity contribution in [1.82, 2.24) is 10.3 Å². The molecular weight excluding hydrogens is 306 g/mol. The number of ether oxygens (including phenoxy) is 1. The number of carbonyl (C=O) groups excluding carboxylic acids is 2. The number of amides is 2. The van der Waals surface area contributed by atoms with Gasteiger partial charge in [-0.1, -0.05) is 31.2 Å². The average molecular weight is 331 g/mol. The molecule has 2 amide bonds. The molecule has 6 heteroatoms. The second kappa shape index (κ2) is 8.59. The summed E-state index contributed by atoms with van der Waals surface area (Å²) in [5.74, 6) is -0.410. The third-order valence-electron chi connectivity index (χ3n) is 4.18. The van der Waals surface area contributed by atoms with Gasteiger partial charge < -0.3 is 10.1 Å². The highest BCUT2D eigenvalue weighted by atomic mass is 16.5. The first-order chi connectivity index (χ1) is 11.6. The molecule has 1 atom stereocenters. The molecule has 0 radical (unpaired) electrons. The van der Waals surface area contributed by atoms with Crippen LogP contribution < -0.4 is 5.32 Å². The molecule has 0 spiro atoms. The Morgan fingerprint density at radius 1 is 1.38 bits per heavy atom. The van der Waals surface area contributed by atoms with E-state index in [0.29, 0.717) is 19.5 Å². The molecule has 0 fully saturated rings. The molecule has 1 aromatic rings. The number of hydrazone groups is 1. The fourth-order valence-electron chi connectivity index (χ4n) is 2.80. The number of aryl methyl sites for hydroxylation is 1. The minimum atomic E-state index is -0.248. The lowest BCUT2D eigenvalue weighted by Crippen LogP contribution is -2.33. The molecule has 1 aromatic carbocycles. The Hall–Kier alpha value is -2.21. The summed E-state index contributed by atoms with van der Waals surface area (Å²) in [6, 6.07) is 8.00. The first-order valence-electron chi connectivity index (χ1n) is 8.25. The lowest BCUT2D eigenvalue weighted by atomic mass is 9.97. The topological polar surface area (TPSA) is 71.0 Å². The SMILES string of the molecule is CCC1=NN(Cc2ccccc2C)C(=O)C1CCNC(=O)COC. The van der Waals surface area contributed by atoms with E-state index in [4.69, 9.17) is 4.74 Å². The van der Waals surface area contributed by atoms with Crippen LogP contribution in [0, 0.1) is 12.8 Å². The van der Waals surface area contributed by atoms with E-state index >= 15 is 0 Å². The second-order valence-corrected chi connectivity index (χ2v) is 5.89. The van der Waals surface area contributed by atoms with Gasteiger partial charge in [-0.15, -0.1) is 0 Å². The molecule has 1 unspecified atom stereocenters. The van der Waals surface area contributed by atoms with Gasteiger partial charge in [0.1, 0.15) is 6.61 Å². The fourth-order valence-corrected chi connectivity index (χ4v) is 2.80. The molecule has 0 saturated carbocycles. The number of methoxy groups -OCH3 is 1. The molecule has 24 heavy (non-hydrogen) atoms. The third-order valence-corrected chi connectivity index (χ3v) is 4.18. The fraction of sp³-hybridized carbons (Fsp3) is 0.500. The van der Waals surface area contributed by atoms with Gasteiger partial charge in [0.05, 0.1) is 18.2 Å². The van der Waals surface area contributed by atoms with E-state index in [2.05, 4.69) is 10.4 Å². The first-order valence-corrected chi connectivity index (χ1v) is 8.25. The van der Waals surface area contributed by atoms with Crippen molar-refractivity contribution in [2.75, 3.05) is 20.3 Å². The van der Waals surface area contributed by atoms with E-state index in [9.17, 15) is 9.59 Å². The van der Waals surface area contributed by atoms with E-state index in [0.717, 1.165) is 23.3 Å². The summed E-state index contributed by atoms with van der Waals surface area (Å²) >= 11 is 0. The van der Waals surface area contributed by atoms with Crippen molar-refractivity contribution in [2.45, 2.75) is 33.2 Å². The van der Waals surface area contributed by atoms with Crippen molar-refractivity contribution in [1.29, 1.82) is 0 Å². The predicted molar refractivity (Wildman–Crippen MR) is 92.4 cm³/mol. The number of nitrogens with zero attached hydrogens (tertiary/aromatic N) is 2. The maximum Gasteiger partial charge on any atom is 0.251 e. The van der Waals surface area contributed by atoms with Gasteiger partial charge in [-0.25, -0.2) is 5.01 Å². The molecular formula is C18H25N3O3. The smallest absolute Gasteiger partial charge is 0.251 e. The standard InChI is InChI=1S/C18H25N3O3/c1-4-16-15(9-10-19-17(22)12-24-3)18(23)21(20-16)11-14-8-6-5-7-13(14)2/h5-8,15H,4,9-12H2,1-3H3,(H,19,22). The molecule has 1 aliphatic rings. The Kier molecular flexibility index (Phi) is 6.49. The highest BCUT2D eigenvalue weighted by Gasteiger charge is 2.34. The van der Waals surface area contributed by atoms with E-state index in [1.54, 1.807) is 5.01 Å². The maximum atomic E-state index is 12.7. The zero-order valence-electron chi connectivity index (χ0n) is 14.5. The molecule has 1 N–H and O–H groups in total. The Labute approximate surface area is 142 Å². The summed E-state index contributed by atoms with van der Waals surface area (Å²) in [6.07, 6.45) is 1.29. The van der Waals surface area contributed by atoms with Crippen LogP contribution in [0.4, 0.5) is 0 Å².